The van der Waals surface area contributed by atoms with Gasteiger partial charge >= 0.3 is 5.97 Å². The number of carbonyl (C=O) groups is 1. The van der Waals surface area contributed by atoms with Gasteiger partial charge in [0.05, 0.1) is 5.56 Å². The van der Waals surface area contributed by atoms with Gasteiger partial charge in [0.15, 0.2) is 0 Å². The molecule has 0 unspecified atom stereocenters. The number of aliphatic hydroxyl groups excluding tert-OH is 1. The molecule has 0 saturated carbocycles. The second-order valence-electron chi connectivity index (χ2n) is 4.21. The molecule has 0 aliphatic carbocycles. The average Bonchev–Trinajstić information content (AvgIpc) is 2.42. The van der Waals surface area contributed by atoms with E-state index >= 15 is 0 Å². The maximum atomic E-state index is 10.7. The van der Waals surface area contributed by atoms with Gasteiger partial charge in [-0.3, -0.25) is 0 Å². The van der Waals surface area contributed by atoms with Gasteiger partial charge in [-0.15, -0.1) is 0 Å². The van der Waals surface area contributed by atoms with Crippen molar-refractivity contribution in [2.75, 3.05) is 26.3 Å². The van der Waals surface area contributed by atoms with E-state index in [9.17, 15) is 4.79 Å². The molecular weight excluding hydrogens is 246 g/mol. The van der Waals surface area contributed by atoms with Gasteiger partial charge in [-0.1, -0.05) is 0 Å². The monoisotopic (exact) mass is 267 g/mol. The maximum Gasteiger partial charge on any atom is 0.335 e. The molecule has 0 saturated heterocycles. The first-order valence-corrected chi connectivity index (χ1v) is 6.52. The molecule has 3 N–H and O–H groups in total. The highest BCUT2D eigenvalue weighted by Gasteiger charge is 2.01. The smallest absolute Gasteiger partial charge is 0.335 e. The van der Waals surface area contributed by atoms with E-state index in [0.29, 0.717) is 12.4 Å². The standard InChI is InChI=1S/C14H21NO4/c16-10-3-1-2-8-15-9-11-19-13-6-4-12(5-7-13)14(17)18/h4-7,15-16H,1-3,8-11H2,(H,17,18). The van der Waals surface area contributed by atoms with Gasteiger partial charge in [0.1, 0.15) is 12.4 Å². The van der Waals surface area contributed by atoms with Gasteiger partial charge in [0.2, 0.25) is 0 Å². The van der Waals surface area contributed by atoms with Crippen molar-refractivity contribution in [3.63, 3.8) is 0 Å². The number of unbranched alkanes of at least 4 members (excludes halogenated alkanes) is 2. The van der Waals surface area contributed by atoms with Crippen LogP contribution < -0.4 is 10.1 Å². The quantitative estimate of drug-likeness (QED) is 0.560. The van der Waals surface area contributed by atoms with Crippen LogP contribution in [0, 0.1) is 0 Å². The Labute approximate surface area is 113 Å². The van der Waals surface area contributed by atoms with E-state index in [1.165, 1.54) is 12.1 Å². The minimum Gasteiger partial charge on any atom is -0.492 e. The first-order valence-electron chi connectivity index (χ1n) is 6.52. The van der Waals surface area contributed by atoms with E-state index in [-0.39, 0.29) is 12.2 Å². The molecular formula is C14H21NO4. The van der Waals surface area contributed by atoms with Crippen molar-refractivity contribution in [3.05, 3.63) is 29.8 Å². The molecule has 0 aromatic heterocycles. The molecule has 0 amide bonds. The van der Waals surface area contributed by atoms with Crippen LogP contribution in [0.25, 0.3) is 0 Å². The Morgan fingerprint density at radius 2 is 1.84 bits per heavy atom. The molecule has 0 fully saturated rings. The molecule has 19 heavy (non-hydrogen) atoms. The van der Waals surface area contributed by atoms with Crippen LogP contribution in [0.15, 0.2) is 24.3 Å². The fourth-order valence-electron chi connectivity index (χ4n) is 1.60. The number of carboxylic acid groups (broad SMARTS) is 1. The van der Waals surface area contributed by atoms with E-state index in [1.807, 2.05) is 0 Å². The number of aliphatic hydroxyl groups is 1. The van der Waals surface area contributed by atoms with E-state index in [0.717, 1.165) is 32.4 Å². The molecule has 5 nitrogen and oxygen atoms in total. The van der Waals surface area contributed by atoms with Crippen molar-refractivity contribution >= 4 is 5.97 Å². The zero-order valence-corrected chi connectivity index (χ0v) is 11.0. The highest BCUT2D eigenvalue weighted by Crippen LogP contribution is 2.11. The fourth-order valence-corrected chi connectivity index (χ4v) is 1.60. The van der Waals surface area contributed by atoms with Crippen molar-refractivity contribution in [1.29, 1.82) is 0 Å². The Morgan fingerprint density at radius 1 is 1.11 bits per heavy atom. The molecule has 1 aromatic carbocycles. The Balaban J connectivity index is 2.07. The Kier molecular flexibility index (Phi) is 7.62. The number of rotatable bonds is 10. The molecule has 0 radical (unpaired) electrons. The summed E-state index contributed by atoms with van der Waals surface area (Å²) >= 11 is 0. The summed E-state index contributed by atoms with van der Waals surface area (Å²) in [6.45, 7) is 2.48. The number of aromatic carboxylic acids is 1. The second kappa shape index (κ2) is 9.35. The third kappa shape index (κ3) is 6.79. The first-order chi connectivity index (χ1) is 9.24. The van der Waals surface area contributed by atoms with Crippen molar-refractivity contribution in [2.45, 2.75) is 19.3 Å². The van der Waals surface area contributed by atoms with Crippen LogP contribution in [0.1, 0.15) is 29.6 Å². The SMILES string of the molecule is O=C(O)c1ccc(OCCNCCCCCO)cc1. The number of nitrogens with one attached hydrogen (secondary N) is 1. The lowest BCUT2D eigenvalue weighted by atomic mass is 10.2. The van der Waals surface area contributed by atoms with Gasteiger partial charge in [0.25, 0.3) is 0 Å². The first kappa shape index (κ1) is 15.5. The molecule has 1 rings (SSSR count). The molecule has 0 aliphatic heterocycles. The Morgan fingerprint density at radius 3 is 2.47 bits per heavy atom. The van der Waals surface area contributed by atoms with E-state index in [4.69, 9.17) is 14.9 Å². The van der Waals surface area contributed by atoms with E-state index in [2.05, 4.69) is 5.32 Å². The summed E-state index contributed by atoms with van der Waals surface area (Å²) in [6, 6.07) is 6.37. The van der Waals surface area contributed by atoms with Gasteiger partial charge in [0, 0.05) is 13.2 Å². The second-order valence-corrected chi connectivity index (χ2v) is 4.21. The normalized spacial score (nSPS) is 10.4. The van der Waals surface area contributed by atoms with Crippen LogP contribution in [-0.2, 0) is 0 Å². The summed E-state index contributed by atoms with van der Waals surface area (Å²) in [5.41, 5.74) is 0.259. The number of benzene rings is 1. The van der Waals surface area contributed by atoms with Crippen LogP contribution in [0.4, 0.5) is 0 Å². The lowest BCUT2D eigenvalue weighted by molar-refractivity contribution is 0.0697. The zero-order valence-electron chi connectivity index (χ0n) is 11.0. The summed E-state index contributed by atoms with van der Waals surface area (Å²) in [5, 5.41) is 20.6. The molecule has 0 heterocycles. The maximum absolute atomic E-state index is 10.7. The topological polar surface area (TPSA) is 78.8 Å². The lowest BCUT2D eigenvalue weighted by Gasteiger charge is -2.07. The van der Waals surface area contributed by atoms with Crippen LogP contribution >= 0.6 is 0 Å². The highest BCUT2D eigenvalue weighted by atomic mass is 16.5. The minimum absolute atomic E-state index is 0.259. The van der Waals surface area contributed by atoms with Gasteiger partial charge in [-0.2, -0.15) is 0 Å². The number of ether oxygens (including phenoxy) is 1. The summed E-state index contributed by atoms with van der Waals surface area (Å²) in [7, 11) is 0. The number of carboxylic acids is 1. The predicted octanol–water partition coefficient (Wildman–Crippen LogP) is 1.52. The van der Waals surface area contributed by atoms with Crippen LogP contribution in [0.3, 0.4) is 0 Å². The van der Waals surface area contributed by atoms with Crippen molar-refractivity contribution in [1.82, 2.24) is 5.32 Å². The summed E-state index contributed by atoms with van der Waals surface area (Å²) < 4.78 is 5.47. The van der Waals surface area contributed by atoms with E-state index in [1.54, 1.807) is 12.1 Å². The third-order valence-electron chi connectivity index (χ3n) is 2.66. The Bertz CT molecular complexity index is 364. The predicted molar refractivity (Wildman–Crippen MR) is 72.7 cm³/mol. The molecule has 0 bridgehead atoms. The number of hydrogen-bond acceptors (Lipinski definition) is 4. The summed E-state index contributed by atoms with van der Waals surface area (Å²) in [5.74, 6) is -0.261. The molecule has 1 aromatic rings. The molecule has 5 heteroatoms. The minimum atomic E-state index is -0.934. The molecule has 0 atom stereocenters. The highest BCUT2D eigenvalue weighted by molar-refractivity contribution is 5.87. The number of hydrogen-bond donors (Lipinski definition) is 3. The molecule has 106 valence electrons. The van der Waals surface area contributed by atoms with Crippen molar-refractivity contribution in [3.8, 4) is 5.75 Å². The van der Waals surface area contributed by atoms with Crippen molar-refractivity contribution in [2.24, 2.45) is 0 Å². The van der Waals surface area contributed by atoms with Gasteiger partial charge in [-0.05, 0) is 50.1 Å². The van der Waals surface area contributed by atoms with Gasteiger partial charge < -0.3 is 20.3 Å². The van der Waals surface area contributed by atoms with Crippen molar-refractivity contribution < 1.29 is 19.7 Å². The lowest BCUT2D eigenvalue weighted by Crippen LogP contribution is -2.22. The summed E-state index contributed by atoms with van der Waals surface area (Å²) in [6.07, 6.45) is 2.93. The van der Waals surface area contributed by atoms with Crippen LogP contribution in [0.2, 0.25) is 0 Å². The summed E-state index contributed by atoms with van der Waals surface area (Å²) in [4.78, 5) is 10.7. The third-order valence-corrected chi connectivity index (χ3v) is 2.66. The Hall–Kier alpha value is -1.59. The van der Waals surface area contributed by atoms with Crippen LogP contribution in [-0.4, -0.2) is 42.5 Å². The van der Waals surface area contributed by atoms with Crippen LogP contribution in [0.5, 0.6) is 5.75 Å². The van der Waals surface area contributed by atoms with E-state index < -0.39 is 5.97 Å². The molecule has 0 aliphatic rings. The largest absolute Gasteiger partial charge is 0.492 e. The van der Waals surface area contributed by atoms with Gasteiger partial charge in [-0.25, -0.2) is 4.79 Å². The fraction of sp³-hybridized carbons (Fsp3) is 0.500. The molecule has 0 spiro atoms. The average molecular weight is 267 g/mol. The zero-order chi connectivity index (χ0) is 13.9.